The fraction of sp³-hybridized carbons (Fsp3) is 0.190. The van der Waals surface area contributed by atoms with Crippen LogP contribution in [0.5, 0.6) is 0 Å². The number of hydrogen-bond acceptors (Lipinski definition) is 3. The number of para-hydroxylation sites is 1. The lowest BCUT2D eigenvalue weighted by Gasteiger charge is -2.08. The van der Waals surface area contributed by atoms with Gasteiger partial charge in [0.15, 0.2) is 0 Å². The molecule has 1 amide bonds. The molecule has 6 heteroatoms. The van der Waals surface area contributed by atoms with Crippen LogP contribution >= 0.6 is 0 Å². The molecule has 2 aromatic carbocycles. The average Bonchev–Trinajstić information content (AvgIpc) is 3.04. The van der Waals surface area contributed by atoms with Gasteiger partial charge < -0.3 is 10.3 Å². The van der Waals surface area contributed by atoms with E-state index in [0.29, 0.717) is 11.0 Å². The molecule has 136 valence electrons. The number of aromatic amines is 1. The Morgan fingerprint density at radius 3 is 2.78 bits per heavy atom. The summed E-state index contributed by atoms with van der Waals surface area (Å²) in [5.41, 5.74) is 4.90. The van der Waals surface area contributed by atoms with Crippen LogP contribution in [0, 0.1) is 13.8 Å². The summed E-state index contributed by atoms with van der Waals surface area (Å²) in [6, 6.07) is 13.5. The van der Waals surface area contributed by atoms with Gasteiger partial charge in [-0.15, -0.1) is 0 Å². The molecule has 0 aliphatic heterocycles. The van der Waals surface area contributed by atoms with Crippen LogP contribution in [0.4, 0.5) is 5.69 Å². The number of benzene rings is 2. The molecule has 0 unspecified atom stereocenters. The van der Waals surface area contributed by atoms with Crippen molar-refractivity contribution < 1.29 is 4.79 Å². The fourth-order valence-corrected chi connectivity index (χ4v) is 3.16. The van der Waals surface area contributed by atoms with Gasteiger partial charge in [-0.3, -0.25) is 14.2 Å². The summed E-state index contributed by atoms with van der Waals surface area (Å²) >= 11 is 0. The lowest BCUT2D eigenvalue weighted by molar-refractivity contribution is -0.116. The zero-order chi connectivity index (χ0) is 19.0. The zero-order valence-electron chi connectivity index (χ0n) is 15.2. The van der Waals surface area contributed by atoms with Crippen molar-refractivity contribution in [3.05, 3.63) is 70.3 Å². The Labute approximate surface area is 155 Å². The zero-order valence-corrected chi connectivity index (χ0v) is 15.2. The average molecular weight is 360 g/mol. The van der Waals surface area contributed by atoms with Crippen LogP contribution in [0.15, 0.2) is 53.6 Å². The molecule has 2 heterocycles. The molecular weight excluding hydrogens is 340 g/mol. The Bertz CT molecular complexity index is 1220. The molecule has 0 spiro atoms. The predicted octanol–water partition coefficient (Wildman–Crippen LogP) is 3.52. The molecule has 2 aromatic heterocycles. The van der Waals surface area contributed by atoms with E-state index in [-0.39, 0.29) is 24.4 Å². The molecule has 2 N–H and O–H groups in total. The lowest BCUT2D eigenvalue weighted by atomic mass is 10.1. The minimum atomic E-state index is -0.171. The van der Waals surface area contributed by atoms with Crippen molar-refractivity contribution in [2.24, 2.45) is 0 Å². The van der Waals surface area contributed by atoms with Crippen molar-refractivity contribution in [1.82, 2.24) is 14.5 Å². The number of hydrogen-bond donors (Lipinski definition) is 2. The Balaban J connectivity index is 1.52. The SMILES string of the molecule is Cc1ccc(NC(=O)CCn2cnc3c([nH]c4ccccc43)c2=O)cc1C. The number of aryl methyl sites for hydroxylation is 3. The standard InChI is InChI=1S/C21H20N4O2/c1-13-7-8-15(11-14(13)2)23-18(26)9-10-25-12-22-19-16-5-3-4-6-17(16)24-20(19)21(25)27/h3-8,11-12,24H,9-10H2,1-2H3,(H,23,26). The summed E-state index contributed by atoms with van der Waals surface area (Å²) in [7, 11) is 0. The molecule has 0 saturated heterocycles. The largest absolute Gasteiger partial charge is 0.349 e. The summed E-state index contributed by atoms with van der Waals surface area (Å²) in [4.78, 5) is 32.5. The molecule has 0 bridgehead atoms. The third kappa shape index (κ3) is 3.21. The molecule has 0 radical (unpaired) electrons. The number of aromatic nitrogens is 3. The van der Waals surface area contributed by atoms with Crippen LogP contribution in [0.1, 0.15) is 17.5 Å². The van der Waals surface area contributed by atoms with E-state index in [1.54, 1.807) is 0 Å². The van der Waals surface area contributed by atoms with Gasteiger partial charge in [0.1, 0.15) is 11.0 Å². The van der Waals surface area contributed by atoms with Crippen molar-refractivity contribution in [2.45, 2.75) is 26.8 Å². The van der Waals surface area contributed by atoms with E-state index in [2.05, 4.69) is 15.3 Å². The lowest BCUT2D eigenvalue weighted by Crippen LogP contribution is -2.23. The molecular formula is C21H20N4O2. The molecule has 0 atom stereocenters. The smallest absolute Gasteiger partial charge is 0.277 e. The topological polar surface area (TPSA) is 79.8 Å². The normalized spacial score (nSPS) is 11.2. The summed E-state index contributed by atoms with van der Waals surface area (Å²) in [5, 5.41) is 3.80. The number of anilines is 1. The quantitative estimate of drug-likeness (QED) is 0.584. The Kier molecular flexibility index (Phi) is 4.24. The number of amides is 1. The van der Waals surface area contributed by atoms with Gasteiger partial charge in [-0.25, -0.2) is 4.98 Å². The predicted molar refractivity (Wildman–Crippen MR) is 107 cm³/mol. The maximum Gasteiger partial charge on any atom is 0.277 e. The number of nitrogens with zero attached hydrogens (tertiary/aromatic N) is 2. The Morgan fingerprint density at radius 1 is 1.15 bits per heavy atom. The van der Waals surface area contributed by atoms with Gasteiger partial charge in [0, 0.05) is 29.6 Å². The summed E-state index contributed by atoms with van der Waals surface area (Å²) < 4.78 is 1.47. The van der Waals surface area contributed by atoms with Gasteiger partial charge in [0.25, 0.3) is 5.56 Å². The number of H-pyrrole nitrogens is 1. The Morgan fingerprint density at radius 2 is 1.96 bits per heavy atom. The first kappa shape index (κ1) is 17.0. The maximum atomic E-state index is 12.7. The second-order valence-corrected chi connectivity index (χ2v) is 6.73. The monoisotopic (exact) mass is 360 g/mol. The van der Waals surface area contributed by atoms with Gasteiger partial charge in [-0.1, -0.05) is 24.3 Å². The van der Waals surface area contributed by atoms with Gasteiger partial charge in [0.05, 0.1) is 6.33 Å². The van der Waals surface area contributed by atoms with E-state index in [0.717, 1.165) is 22.2 Å². The number of nitrogens with one attached hydrogen (secondary N) is 2. The van der Waals surface area contributed by atoms with Crippen LogP contribution in [-0.4, -0.2) is 20.4 Å². The Hall–Kier alpha value is -3.41. The highest BCUT2D eigenvalue weighted by Gasteiger charge is 2.11. The molecule has 4 aromatic rings. The van der Waals surface area contributed by atoms with Crippen LogP contribution in [0.2, 0.25) is 0 Å². The summed E-state index contributed by atoms with van der Waals surface area (Å²) in [5.74, 6) is -0.137. The van der Waals surface area contributed by atoms with E-state index in [9.17, 15) is 9.59 Å². The van der Waals surface area contributed by atoms with E-state index < -0.39 is 0 Å². The van der Waals surface area contributed by atoms with Gasteiger partial charge in [0.2, 0.25) is 5.91 Å². The van der Waals surface area contributed by atoms with Crippen LogP contribution in [0.25, 0.3) is 21.9 Å². The van der Waals surface area contributed by atoms with E-state index in [4.69, 9.17) is 0 Å². The number of carbonyl (C=O) groups is 1. The molecule has 0 saturated carbocycles. The van der Waals surface area contributed by atoms with E-state index in [1.165, 1.54) is 16.5 Å². The van der Waals surface area contributed by atoms with E-state index >= 15 is 0 Å². The van der Waals surface area contributed by atoms with Crippen molar-refractivity contribution in [1.29, 1.82) is 0 Å². The minimum absolute atomic E-state index is 0.137. The minimum Gasteiger partial charge on any atom is -0.349 e. The number of carbonyl (C=O) groups excluding carboxylic acids is 1. The van der Waals surface area contributed by atoms with Gasteiger partial charge in [-0.2, -0.15) is 0 Å². The highest BCUT2D eigenvalue weighted by molar-refractivity contribution is 6.04. The van der Waals surface area contributed by atoms with Crippen LogP contribution < -0.4 is 10.9 Å². The summed E-state index contributed by atoms with van der Waals surface area (Å²) in [6.45, 7) is 4.31. The highest BCUT2D eigenvalue weighted by Crippen LogP contribution is 2.20. The third-order valence-electron chi connectivity index (χ3n) is 4.85. The molecule has 27 heavy (non-hydrogen) atoms. The van der Waals surface area contributed by atoms with E-state index in [1.807, 2.05) is 56.3 Å². The van der Waals surface area contributed by atoms with Gasteiger partial charge in [-0.05, 0) is 43.2 Å². The fourth-order valence-electron chi connectivity index (χ4n) is 3.16. The second-order valence-electron chi connectivity index (χ2n) is 6.73. The number of rotatable bonds is 4. The van der Waals surface area contributed by atoms with Gasteiger partial charge >= 0.3 is 0 Å². The summed E-state index contributed by atoms with van der Waals surface area (Å²) in [6.07, 6.45) is 1.70. The third-order valence-corrected chi connectivity index (χ3v) is 4.85. The molecule has 4 rings (SSSR count). The number of fused-ring (bicyclic) bond motifs is 3. The highest BCUT2D eigenvalue weighted by atomic mass is 16.2. The van der Waals surface area contributed by atoms with Crippen molar-refractivity contribution in [3.63, 3.8) is 0 Å². The molecule has 0 fully saturated rings. The molecule has 0 aliphatic rings. The second kappa shape index (κ2) is 6.72. The molecule has 6 nitrogen and oxygen atoms in total. The first-order chi connectivity index (χ1) is 13.0. The maximum absolute atomic E-state index is 12.7. The van der Waals surface area contributed by atoms with Crippen molar-refractivity contribution >= 4 is 33.5 Å². The first-order valence-corrected chi connectivity index (χ1v) is 8.86. The molecule has 0 aliphatic carbocycles. The van der Waals surface area contributed by atoms with Crippen LogP contribution in [0.3, 0.4) is 0 Å². The first-order valence-electron chi connectivity index (χ1n) is 8.86. The van der Waals surface area contributed by atoms with Crippen molar-refractivity contribution in [2.75, 3.05) is 5.32 Å². The van der Waals surface area contributed by atoms with Crippen molar-refractivity contribution in [3.8, 4) is 0 Å². The van der Waals surface area contributed by atoms with Crippen LogP contribution in [-0.2, 0) is 11.3 Å².